The standard InChI is InChI=1S/C11H18N4OS/c1-6(5-16)17-11-7(2)9(15-12)13-10(14-11)8-3-4-8/h6,8,16H,3-5,12H2,1-2H3,(H,13,14,15). The van der Waals surface area contributed by atoms with Crippen molar-refractivity contribution in [1.82, 2.24) is 9.97 Å². The van der Waals surface area contributed by atoms with Gasteiger partial charge in [-0.05, 0) is 19.8 Å². The predicted octanol–water partition coefficient (Wildman–Crippen LogP) is 1.42. The van der Waals surface area contributed by atoms with E-state index in [-0.39, 0.29) is 11.9 Å². The maximum Gasteiger partial charge on any atom is 0.147 e. The van der Waals surface area contributed by atoms with Crippen LogP contribution in [0.4, 0.5) is 5.82 Å². The van der Waals surface area contributed by atoms with Crippen LogP contribution >= 0.6 is 11.8 Å². The van der Waals surface area contributed by atoms with E-state index in [9.17, 15) is 0 Å². The minimum Gasteiger partial charge on any atom is -0.395 e. The van der Waals surface area contributed by atoms with Gasteiger partial charge >= 0.3 is 0 Å². The van der Waals surface area contributed by atoms with Gasteiger partial charge in [0.2, 0.25) is 0 Å². The Labute approximate surface area is 105 Å². The summed E-state index contributed by atoms with van der Waals surface area (Å²) in [5, 5.41) is 10.1. The molecule has 4 N–H and O–H groups in total. The Balaban J connectivity index is 2.30. The molecular formula is C11H18N4OS. The molecule has 1 unspecified atom stereocenters. The molecule has 0 bridgehead atoms. The van der Waals surface area contributed by atoms with Crippen LogP contribution in [0.15, 0.2) is 5.03 Å². The zero-order chi connectivity index (χ0) is 12.4. The van der Waals surface area contributed by atoms with Crippen molar-refractivity contribution >= 4 is 17.6 Å². The Hall–Kier alpha value is -0.850. The quantitative estimate of drug-likeness (QED) is 0.319. The molecular weight excluding hydrogens is 236 g/mol. The number of thioether (sulfide) groups is 1. The lowest BCUT2D eigenvalue weighted by atomic mass is 10.3. The molecule has 1 aliphatic rings. The van der Waals surface area contributed by atoms with Crippen molar-refractivity contribution in [3.05, 3.63) is 11.4 Å². The second-order valence-electron chi connectivity index (χ2n) is 4.39. The molecule has 1 aromatic rings. The molecule has 1 fully saturated rings. The molecule has 6 heteroatoms. The fraction of sp³-hybridized carbons (Fsp3) is 0.636. The maximum atomic E-state index is 9.10. The zero-order valence-electron chi connectivity index (χ0n) is 10.1. The van der Waals surface area contributed by atoms with Crippen molar-refractivity contribution in [3.63, 3.8) is 0 Å². The zero-order valence-corrected chi connectivity index (χ0v) is 10.9. The highest BCUT2D eigenvalue weighted by atomic mass is 32.2. The molecule has 0 radical (unpaired) electrons. The van der Waals surface area contributed by atoms with Gasteiger partial charge in [0.15, 0.2) is 0 Å². The summed E-state index contributed by atoms with van der Waals surface area (Å²) in [6.45, 7) is 4.05. The third kappa shape index (κ3) is 2.88. The smallest absolute Gasteiger partial charge is 0.147 e. The normalized spacial score (nSPS) is 16.9. The summed E-state index contributed by atoms with van der Waals surface area (Å²) in [6.07, 6.45) is 2.32. The van der Waals surface area contributed by atoms with Crippen LogP contribution in [0.5, 0.6) is 0 Å². The number of aliphatic hydroxyl groups excluding tert-OH is 1. The largest absolute Gasteiger partial charge is 0.395 e. The van der Waals surface area contributed by atoms with Gasteiger partial charge in [-0.15, -0.1) is 11.8 Å². The van der Waals surface area contributed by atoms with Gasteiger partial charge < -0.3 is 10.5 Å². The first-order chi connectivity index (χ1) is 8.15. The number of nitrogens with two attached hydrogens (primary N) is 1. The number of hydrazine groups is 1. The van der Waals surface area contributed by atoms with Gasteiger partial charge in [-0.1, -0.05) is 6.92 Å². The van der Waals surface area contributed by atoms with E-state index in [0.29, 0.717) is 11.7 Å². The van der Waals surface area contributed by atoms with E-state index in [0.717, 1.165) is 29.3 Å². The van der Waals surface area contributed by atoms with E-state index in [2.05, 4.69) is 15.4 Å². The third-order valence-corrected chi connectivity index (χ3v) is 3.94. The molecule has 0 saturated heterocycles. The van der Waals surface area contributed by atoms with E-state index < -0.39 is 0 Å². The van der Waals surface area contributed by atoms with Crippen molar-refractivity contribution < 1.29 is 5.11 Å². The summed E-state index contributed by atoms with van der Waals surface area (Å²) in [6, 6.07) is 0. The summed E-state index contributed by atoms with van der Waals surface area (Å²) in [4.78, 5) is 9.00. The molecule has 2 rings (SSSR count). The Morgan fingerprint density at radius 1 is 1.53 bits per heavy atom. The van der Waals surface area contributed by atoms with E-state index in [1.165, 1.54) is 0 Å². The summed E-state index contributed by atoms with van der Waals surface area (Å²) >= 11 is 1.56. The number of hydrogen-bond acceptors (Lipinski definition) is 6. The summed E-state index contributed by atoms with van der Waals surface area (Å²) < 4.78 is 0. The van der Waals surface area contributed by atoms with E-state index in [4.69, 9.17) is 10.9 Å². The number of aliphatic hydroxyl groups is 1. The minimum atomic E-state index is 0.126. The van der Waals surface area contributed by atoms with Crippen LogP contribution in [0.1, 0.15) is 37.1 Å². The van der Waals surface area contributed by atoms with Crippen molar-refractivity contribution in [2.75, 3.05) is 12.0 Å². The fourth-order valence-corrected chi connectivity index (χ4v) is 2.40. The van der Waals surface area contributed by atoms with Gasteiger partial charge in [0, 0.05) is 16.7 Å². The van der Waals surface area contributed by atoms with Crippen LogP contribution in [0.3, 0.4) is 0 Å². The highest BCUT2D eigenvalue weighted by Gasteiger charge is 2.28. The first kappa shape index (κ1) is 12.6. The molecule has 1 aromatic heterocycles. The summed E-state index contributed by atoms with van der Waals surface area (Å²) in [7, 11) is 0. The molecule has 1 aliphatic carbocycles. The van der Waals surface area contributed by atoms with Crippen molar-refractivity contribution in [3.8, 4) is 0 Å². The van der Waals surface area contributed by atoms with Gasteiger partial charge in [0.05, 0.1) is 6.61 Å². The van der Waals surface area contributed by atoms with Crippen molar-refractivity contribution in [2.45, 2.75) is 42.9 Å². The SMILES string of the molecule is Cc1c(NN)nc(C2CC2)nc1SC(C)CO. The Morgan fingerprint density at radius 3 is 2.76 bits per heavy atom. The number of nitrogens with one attached hydrogen (secondary N) is 1. The third-order valence-electron chi connectivity index (χ3n) is 2.77. The van der Waals surface area contributed by atoms with Gasteiger partial charge in [-0.2, -0.15) is 0 Å². The van der Waals surface area contributed by atoms with Crippen molar-refractivity contribution in [2.24, 2.45) is 5.84 Å². The monoisotopic (exact) mass is 254 g/mol. The first-order valence-electron chi connectivity index (χ1n) is 5.78. The van der Waals surface area contributed by atoms with Crippen LogP contribution < -0.4 is 11.3 Å². The molecule has 1 saturated carbocycles. The second kappa shape index (κ2) is 5.20. The second-order valence-corrected chi connectivity index (χ2v) is 5.82. The lowest BCUT2D eigenvalue weighted by molar-refractivity contribution is 0.300. The Bertz CT molecular complexity index is 409. The average molecular weight is 254 g/mol. The lowest BCUT2D eigenvalue weighted by Gasteiger charge is -2.13. The van der Waals surface area contributed by atoms with Crippen LogP contribution in [0, 0.1) is 6.92 Å². The molecule has 94 valence electrons. The van der Waals surface area contributed by atoms with Gasteiger partial charge in [0.25, 0.3) is 0 Å². The molecule has 0 spiro atoms. The minimum absolute atomic E-state index is 0.126. The fourth-order valence-electron chi connectivity index (χ4n) is 1.52. The molecule has 0 aromatic carbocycles. The van der Waals surface area contributed by atoms with Gasteiger partial charge in [0.1, 0.15) is 16.7 Å². The Morgan fingerprint density at radius 2 is 2.24 bits per heavy atom. The first-order valence-corrected chi connectivity index (χ1v) is 6.66. The number of nitrogens with zero attached hydrogens (tertiary/aromatic N) is 2. The number of anilines is 1. The summed E-state index contributed by atoms with van der Waals surface area (Å²) in [5.74, 6) is 7.53. The highest BCUT2D eigenvalue weighted by Crippen LogP contribution is 2.40. The summed E-state index contributed by atoms with van der Waals surface area (Å²) in [5.41, 5.74) is 3.57. The molecule has 0 aliphatic heterocycles. The molecule has 1 atom stereocenters. The molecule has 1 heterocycles. The number of hydrogen-bond donors (Lipinski definition) is 3. The van der Waals surface area contributed by atoms with Crippen LogP contribution in [-0.4, -0.2) is 26.9 Å². The number of nitrogen functional groups attached to an aromatic ring is 1. The Kier molecular flexibility index (Phi) is 3.86. The predicted molar refractivity (Wildman–Crippen MR) is 69.0 cm³/mol. The van der Waals surface area contributed by atoms with Crippen LogP contribution in [0.2, 0.25) is 0 Å². The maximum absolute atomic E-state index is 9.10. The van der Waals surface area contributed by atoms with Gasteiger partial charge in [-0.3, -0.25) is 0 Å². The average Bonchev–Trinajstić information content (AvgIpc) is 3.15. The van der Waals surface area contributed by atoms with Crippen LogP contribution in [0.25, 0.3) is 0 Å². The highest BCUT2D eigenvalue weighted by molar-refractivity contribution is 7.99. The topological polar surface area (TPSA) is 84.1 Å². The molecule has 5 nitrogen and oxygen atoms in total. The molecule has 0 amide bonds. The molecule has 17 heavy (non-hydrogen) atoms. The van der Waals surface area contributed by atoms with Gasteiger partial charge in [-0.25, -0.2) is 15.8 Å². The lowest BCUT2D eigenvalue weighted by Crippen LogP contribution is -2.14. The van der Waals surface area contributed by atoms with Crippen molar-refractivity contribution in [1.29, 1.82) is 0 Å². The number of aromatic nitrogens is 2. The van der Waals surface area contributed by atoms with E-state index in [1.807, 2.05) is 13.8 Å². The van der Waals surface area contributed by atoms with E-state index in [1.54, 1.807) is 11.8 Å². The number of rotatable bonds is 5. The van der Waals surface area contributed by atoms with E-state index >= 15 is 0 Å². The van der Waals surface area contributed by atoms with Crippen LogP contribution in [-0.2, 0) is 0 Å².